The standard InChI is InChI=1S/C20H19N3O3S/c1-10-8-14(13(4)25-10)16-9-15(18-12(3)23-26-20(18)22-16)19(24)21-11(2)17-6-5-7-27-17/h5-9,11H,1-4H3,(H,21,24). The van der Waals surface area contributed by atoms with Crippen molar-refractivity contribution in [3.63, 3.8) is 0 Å². The van der Waals surface area contributed by atoms with Crippen LogP contribution in [0.1, 0.15) is 45.4 Å². The van der Waals surface area contributed by atoms with Crippen LogP contribution in [0.15, 0.2) is 38.6 Å². The molecule has 0 fully saturated rings. The molecule has 0 aromatic carbocycles. The minimum Gasteiger partial charge on any atom is -0.466 e. The summed E-state index contributed by atoms with van der Waals surface area (Å²) in [7, 11) is 0. The van der Waals surface area contributed by atoms with E-state index in [0.29, 0.717) is 28.1 Å². The van der Waals surface area contributed by atoms with Crippen molar-refractivity contribution in [2.45, 2.75) is 33.7 Å². The minimum absolute atomic E-state index is 0.0952. The van der Waals surface area contributed by atoms with Gasteiger partial charge >= 0.3 is 0 Å². The summed E-state index contributed by atoms with van der Waals surface area (Å²) in [6, 6.07) is 7.57. The number of aryl methyl sites for hydroxylation is 3. The first kappa shape index (κ1) is 17.5. The predicted molar refractivity (Wildman–Crippen MR) is 104 cm³/mol. The van der Waals surface area contributed by atoms with Crippen molar-refractivity contribution < 1.29 is 13.7 Å². The molecule has 1 amide bonds. The Hall–Kier alpha value is -2.93. The molecule has 0 radical (unpaired) electrons. The Morgan fingerprint density at radius 3 is 2.74 bits per heavy atom. The van der Waals surface area contributed by atoms with Gasteiger partial charge in [0, 0.05) is 10.4 Å². The summed E-state index contributed by atoms with van der Waals surface area (Å²) >= 11 is 1.61. The lowest BCUT2D eigenvalue weighted by Crippen LogP contribution is -2.26. The van der Waals surface area contributed by atoms with Crippen LogP contribution < -0.4 is 5.32 Å². The molecule has 0 aliphatic rings. The van der Waals surface area contributed by atoms with Gasteiger partial charge in [0.25, 0.3) is 11.6 Å². The van der Waals surface area contributed by atoms with Crippen molar-refractivity contribution in [2.24, 2.45) is 0 Å². The monoisotopic (exact) mass is 381 g/mol. The molecule has 0 bridgehead atoms. The third-order valence-corrected chi connectivity index (χ3v) is 5.55. The summed E-state index contributed by atoms with van der Waals surface area (Å²) in [5.41, 5.74) is 2.94. The van der Waals surface area contributed by atoms with Gasteiger partial charge in [-0.25, -0.2) is 4.98 Å². The largest absolute Gasteiger partial charge is 0.466 e. The predicted octanol–water partition coefficient (Wildman–Crippen LogP) is 4.96. The summed E-state index contributed by atoms with van der Waals surface area (Å²) in [6.45, 7) is 7.52. The fourth-order valence-corrected chi connectivity index (χ4v) is 3.91. The number of nitrogens with one attached hydrogen (secondary N) is 1. The number of hydrogen-bond acceptors (Lipinski definition) is 6. The van der Waals surface area contributed by atoms with Crippen molar-refractivity contribution in [3.05, 3.63) is 57.3 Å². The second-order valence-corrected chi connectivity index (χ2v) is 7.52. The number of rotatable bonds is 4. The molecule has 4 aromatic heterocycles. The molecule has 0 spiro atoms. The quantitative estimate of drug-likeness (QED) is 0.540. The Kier molecular flexibility index (Phi) is 4.31. The Morgan fingerprint density at radius 2 is 2.07 bits per heavy atom. The van der Waals surface area contributed by atoms with Crippen molar-refractivity contribution in [1.29, 1.82) is 0 Å². The molecule has 0 aliphatic heterocycles. The average molecular weight is 381 g/mol. The smallest absolute Gasteiger partial charge is 0.259 e. The van der Waals surface area contributed by atoms with Crippen LogP contribution in [0.2, 0.25) is 0 Å². The summed E-state index contributed by atoms with van der Waals surface area (Å²) in [5.74, 6) is 1.35. The molecule has 1 unspecified atom stereocenters. The fourth-order valence-electron chi connectivity index (χ4n) is 3.18. The van der Waals surface area contributed by atoms with Crippen LogP contribution in [0.3, 0.4) is 0 Å². The van der Waals surface area contributed by atoms with Crippen molar-refractivity contribution in [1.82, 2.24) is 15.5 Å². The first-order valence-corrected chi connectivity index (χ1v) is 9.50. The summed E-state index contributed by atoms with van der Waals surface area (Å²) in [4.78, 5) is 18.7. The maximum absolute atomic E-state index is 13.1. The van der Waals surface area contributed by atoms with E-state index in [0.717, 1.165) is 22.0 Å². The van der Waals surface area contributed by atoms with Crippen LogP contribution in [-0.4, -0.2) is 16.0 Å². The maximum Gasteiger partial charge on any atom is 0.259 e. The third kappa shape index (κ3) is 3.14. The van der Waals surface area contributed by atoms with E-state index in [1.807, 2.05) is 44.4 Å². The van der Waals surface area contributed by atoms with E-state index in [2.05, 4.69) is 15.5 Å². The number of furan rings is 1. The second kappa shape index (κ2) is 6.66. The van der Waals surface area contributed by atoms with Gasteiger partial charge in [-0.05, 0) is 51.3 Å². The number of nitrogens with zero attached hydrogens (tertiary/aromatic N) is 2. The molecule has 27 heavy (non-hydrogen) atoms. The van der Waals surface area contributed by atoms with Gasteiger partial charge in [0.1, 0.15) is 11.5 Å². The van der Waals surface area contributed by atoms with E-state index >= 15 is 0 Å². The topological polar surface area (TPSA) is 81.2 Å². The first-order chi connectivity index (χ1) is 12.9. The van der Waals surface area contributed by atoms with Gasteiger partial charge in [0.15, 0.2) is 0 Å². The first-order valence-electron chi connectivity index (χ1n) is 8.62. The van der Waals surface area contributed by atoms with Gasteiger partial charge in [-0.3, -0.25) is 4.79 Å². The zero-order valence-corrected chi connectivity index (χ0v) is 16.3. The number of carbonyl (C=O) groups excluding carboxylic acids is 1. The van der Waals surface area contributed by atoms with Gasteiger partial charge < -0.3 is 14.3 Å². The number of carbonyl (C=O) groups is 1. The van der Waals surface area contributed by atoms with E-state index < -0.39 is 0 Å². The molecule has 7 heteroatoms. The molecule has 4 rings (SSSR count). The maximum atomic E-state index is 13.1. The number of hydrogen-bond donors (Lipinski definition) is 1. The zero-order chi connectivity index (χ0) is 19.1. The van der Waals surface area contributed by atoms with Crippen LogP contribution in [0.5, 0.6) is 0 Å². The Labute approximate surface area is 160 Å². The van der Waals surface area contributed by atoms with Crippen molar-refractivity contribution in [2.75, 3.05) is 0 Å². The number of fused-ring (bicyclic) bond motifs is 1. The second-order valence-electron chi connectivity index (χ2n) is 6.54. The van der Waals surface area contributed by atoms with Gasteiger partial charge in [0.05, 0.1) is 28.4 Å². The van der Waals surface area contributed by atoms with E-state index in [1.54, 1.807) is 24.3 Å². The normalized spacial score (nSPS) is 12.4. The Morgan fingerprint density at radius 1 is 1.26 bits per heavy atom. The molecule has 4 heterocycles. The molecule has 1 atom stereocenters. The molecule has 6 nitrogen and oxygen atoms in total. The number of pyridine rings is 1. The molecule has 138 valence electrons. The number of amides is 1. The molecular formula is C20H19N3O3S. The van der Waals surface area contributed by atoms with Crippen LogP contribution in [-0.2, 0) is 0 Å². The summed E-state index contributed by atoms with van der Waals surface area (Å²) < 4.78 is 11.0. The SMILES string of the molecule is Cc1cc(-c2cc(C(=O)NC(C)c3cccs3)c3c(C)noc3n2)c(C)o1. The summed E-state index contributed by atoms with van der Waals surface area (Å²) in [6.07, 6.45) is 0. The number of thiophene rings is 1. The Bertz CT molecular complexity index is 1130. The fraction of sp³-hybridized carbons (Fsp3) is 0.250. The zero-order valence-electron chi connectivity index (χ0n) is 15.5. The molecule has 1 N–H and O–H groups in total. The molecular weight excluding hydrogens is 362 g/mol. The highest BCUT2D eigenvalue weighted by Crippen LogP contribution is 2.31. The summed E-state index contributed by atoms with van der Waals surface area (Å²) in [5, 5.41) is 9.68. The van der Waals surface area contributed by atoms with Crippen LogP contribution >= 0.6 is 11.3 Å². The highest BCUT2D eigenvalue weighted by atomic mass is 32.1. The average Bonchev–Trinajstić information content (AvgIpc) is 3.35. The van der Waals surface area contributed by atoms with Gasteiger partial charge in [-0.2, -0.15) is 0 Å². The van der Waals surface area contributed by atoms with Crippen LogP contribution in [0, 0.1) is 20.8 Å². The van der Waals surface area contributed by atoms with Gasteiger partial charge in [-0.1, -0.05) is 11.2 Å². The lowest BCUT2D eigenvalue weighted by Gasteiger charge is -2.13. The van der Waals surface area contributed by atoms with E-state index in [1.165, 1.54) is 0 Å². The molecule has 0 saturated heterocycles. The minimum atomic E-state index is -0.186. The Balaban J connectivity index is 1.79. The highest BCUT2D eigenvalue weighted by Gasteiger charge is 2.22. The van der Waals surface area contributed by atoms with E-state index in [4.69, 9.17) is 8.94 Å². The highest BCUT2D eigenvalue weighted by molar-refractivity contribution is 7.10. The lowest BCUT2D eigenvalue weighted by atomic mass is 10.0. The molecule has 0 aliphatic carbocycles. The van der Waals surface area contributed by atoms with Gasteiger partial charge in [-0.15, -0.1) is 11.3 Å². The van der Waals surface area contributed by atoms with Crippen LogP contribution in [0.25, 0.3) is 22.4 Å². The van der Waals surface area contributed by atoms with E-state index in [-0.39, 0.29) is 11.9 Å². The lowest BCUT2D eigenvalue weighted by molar-refractivity contribution is 0.0942. The molecule has 0 saturated carbocycles. The van der Waals surface area contributed by atoms with Gasteiger partial charge in [0.2, 0.25) is 0 Å². The van der Waals surface area contributed by atoms with E-state index in [9.17, 15) is 4.79 Å². The van der Waals surface area contributed by atoms with Crippen molar-refractivity contribution in [3.8, 4) is 11.3 Å². The van der Waals surface area contributed by atoms with Crippen LogP contribution in [0.4, 0.5) is 0 Å². The number of aromatic nitrogens is 2. The third-order valence-electron chi connectivity index (χ3n) is 4.50. The van der Waals surface area contributed by atoms with Crippen molar-refractivity contribution >= 4 is 28.3 Å². The molecule has 4 aromatic rings.